The number of amides is 2. The minimum Gasteiger partial charge on any atom is -0.323 e. The second kappa shape index (κ2) is 8.84. The lowest BCUT2D eigenvalue weighted by molar-refractivity contribution is -0.122. The van der Waals surface area contributed by atoms with Crippen LogP contribution in [0.15, 0.2) is 41.3 Å². The first-order chi connectivity index (χ1) is 15.2. The highest BCUT2D eigenvalue weighted by Crippen LogP contribution is 2.36. The molecule has 0 aliphatic carbocycles. The molecule has 0 radical (unpaired) electrons. The van der Waals surface area contributed by atoms with Gasteiger partial charge in [-0.2, -0.15) is 4.31 Å². The summed E-state index contributed by atoms with van der Waals surface area (Å²) in [5.74, 6) is -0.659. The minimum atomic E-state index is -3.61. The summed E-state index contributed by atoms with van der Waals surface area (Å²) in [6.07, 6.45) is 2.97. The quantitative estimate of drug-likeness (QED) is 0.729. The summed E-state index contributed by atoms with van der Waals surface area (Å²) < 4.78 is 27.7. The molecule has 32 heavy (non-hydrogen) atoms. The number of hydrogen-bond donors (Lipinski definition) is 1. The highest BCUT2D eigenvalue weighted by Gasteiger charge is 2.38. The number of benzene rings is 2. The molecule has 2 aromatic rings. The van der Waals surface area contributed by atoms with E-state index in [9.17, 15) is 18.0 Å². The maximum Gasteiger partial charge on any atom is 0.247 e. The van der Waals surface area contributed by atoms with Gasteiger partial charge in [-0.05, 0) is 61.2 Å². The Bertz CT molecular complexity index is 1180. The van der Waals surface area contributed by atoms with E-state index < -0.39 is 16.1 Å². The lowest BCUT2D eigenvalue weighted by atomic mass is 10.1. The molecule has 9 heteroatoms. The molecule has 0 spiro atoms. The topological polar surface area (TPSA) is 86.8 Å². The van der Waals surface area contributed by atoms with Crippen LogP contribution in [0.1, 0.15) is 37.3 Å². The van der Waals surface area contributed by atoms with Crippen LogP contribution in [0.2, 0.25) is 5.02 Å². The molecule has 4 rings (SSSR count). The molecule has 2 amide bonds. The van der Waals surface area contributed by atoms with E-state index in [0.29, 0.717) is 35.1 Å². The van der Waals surface area contributed by atoms with Crippen LogP contribution in [0.5, 0.6) is 0 Å². The average molecular weight is 476 g/mol. The fraction of sp³-hybridized carbons (Fsp3) is 0.391. The second-order valence-electron chi connectivity index (χ2n) is 8.34. The van der Waals surface area contributed by atoms with Gasteiger partial charge in [0.2, 0.25) is 21.8 Å². The zero-order valence-electron chi connectivity index (χ0n) is 18.1. The van der Waals surface area contributed by atoms with Crippen molar-refractivity contribution in [1.29, 1.82) is 0 Å². The van der Waals surface area contributed by atoms with Crippen LogP contribution in [-0.4, -0.2) is 43.7 Å². The summed E-state index contributed by atoms with van der Waals surface area (Å²) in [6, 6.07) is 9.27. The first-order valence-corrected chi connectivity index (χ1v) is 12.5. The molecular formula is C23H26ClN3O4S. The van der Waals surface area contributed by atoms with Gasteiger partial charge in [-0.1, -0.05) is 24.1 Å². The molecule has 0 saturated carbocycles. The largest absolute Gasteiger partial charge is 0.323 e. The van der Waals surface area contributed by atoms with Crippen molar-refractivity contribution < 1.29 is 18.0 Å². The number of sulfonamides is 1. The summed E-state index contributed by atoms with van der Waals surface area (Å²) in [5.41, 5.74) is 2.66. The number of aryl methyl sites for hydroxylation is 1. The Labute approximate surface area is 193 Å². The van der Waals surface area contributed by atoms with E-state index in [1.807, 2.05) is 13.0 Å². The third kappa shape index (κ3) is 4.27. The van der Waals surface area contributed by atoms with Crippen molar-refractivity contribution in [3.05, 3.63) is 52.5 Å². The molecule has 0 aromatic heterocycles. The van der Waals surface area contributed by atoms with E-state index >= 15 is 0 Å². The fourth-order valence-electron chi connectivity index (χ4n) is 4.38. The zero-order valence-corrected chi connectivity index (χ0v) is 19.7. The van der Waals surface area contributed by atoms with Crippen LogP contribution in [0, 0.1) is 6.92 Å². The SMILES string of the molecule is CC(=O)N1c2ccc(S(=O)(=O)N3CCCCC3)cc2C[C@H]1C(=O)Nc1ccc(C)cc1Cl. The molecule has 2 aromatic carbocycles. The number of piperidine rings is 1. The Balaban J connectivity index is 1.61. The molecule has 2 heterocycles. The Morgan fingerprint density at radius 1 is 1.06 bits per heavy atom. The predicted molar refractivity (Wildman–Crippen MR) is 125 cm³/mol. The number of anilines is 2. The lowest BCUT2D eigenvalue weighted by Gasteiger charge is -2.26. The molecule has 7 nitrogen and oxygen atoms in total. The van der Waals surface area contributed by atoms with Crippen LogP contribution in [0.3, 0.4) is 0 Å². The fourth-order valence-corrected chi connectivity index (χ4v) is 6.23. The predicted octanol–water partition coefficient (Wildman–Crippen LogP) is 3.74. The summed E-state index contributed by atoms with van der Waals surface area (Å²) >= 11 is 6.25. The van der Waals surface area contributed by atoms with Crippen LogP contribution in [-0.2, 0) is 26.0 Å². The first kappa shape index (κ1) is 22.8. The lowest BCUT2D eigenvalue weighted by Crippen LogP contribution is -2.44. The van der Waals surface area contributed by atoms with Crippen molar-refractivity contribution in [3.8, 4) is 0 Å². The van der Waals surface area contributed by atoms with Gasteiger partial charge in [0.25, 0.3) is 0 Å². The minimum absolute atomic E-state index is 0.198. The molecule has 0 bridgehead atoms. The molecule has 1 N–H and O–H groups in total. The number of carbonyl (C=O) groups is 2. The van der Waals surface area contributed by atoms with Gasteiger partial charge in [0.05, 0.1) is 15.6 Å². The molecule has 1 atom stereocenters. The van der Waals surface area contributed by atoms with Gasteiger partial charge in [0.15, 0.2) is 0 Å². The number of rotatable bonds is 4. The number of nitrogens with one attached hydrogen (secondary N) is 1. The van der Waals surface area contributed by atoms with E-state index in [1.54, 1.807) is 24.3 Å². The highest BCUT2D eigenvalue weighted by molar-refractivity contribution is 7.89. The third-order valence-electron chi connectivity index (χ3n) is 6.01. The highest BCUT2D eigenvalue weighted by atomic mass is 35.5. The van der Waals surface area contributed by atoms with Gasteiger partial charge in [-0.3, -0.25) is 14.5 Å². The van der Waals surface area contributed by atoms with Crippen molar-refractivity contribution in [2.45, 2.75) is 50.5 Å². The van der Waals surface area contributed by atoms with Gasteiger partial charge in [0.1, 0.15) is 6.04 Å². The zero-order chi connectivity index (χ0) is 23.0. The second-order valence-corrected chi connectivity index (χ2v) is 10.7. The summed E-state index contributed by atoms with van der Waals surface area (Å²) in [6.45, 7) is 4.33. The van der Waals surface area contributed by atoms with Gasteiger partial charge < -0.3 is 5.32 Å². The van der Waals surface area contributed by atoms with Crippen LogP contribution >= 0.6 is 11.6 Å². The van der Waals surface area contributed by atoms with E-state index in [1.165, 1.54) is 22.2 Å². The van der Waals surface area contributed by atoms with Crippen LogP contribution < -0.4 is 10.2 Å². The Hall–Kier alpha value is -2.42. The van der Waals surface area contributed by atoms with Crippen molar-refractivity contribution in [2.24, 2.45) is 0 Å². The summed E-state index contributed by atoms with van der Waals surface area (Å²) in [4.78, 5) is 27.1. The Morgan fingerprint density at radius 2 is 1.78 bits per heavy atom. The van der Waals surface area contributed by atoms with E-state index in [-0.39, 0.29) is 23.1 Å². The van der Waals surface area contributed by atoms with Crippen molar-refractivity contribution in [3.63, 3.8) is 0 Å². The van der Waals surface area contributed by atoms with E-state index in [4.69, 9.17) is 11.6 Å². The van der Waals surface area contributed by atoms with Gasteiger partial charge in [0, 0.05) is 32.1 Å². The first-order valence-electron chi connectivity index (χ1n) is 10.7. The summed E-state index contributed by atoms with van der Waals surface area (Å²) in [7, 11) is -3.61. The molecule has 0 unspecified atom stereocenters. The monoisotopic (exact) mass is 475 g/mol. The Morgan fingerprint density at radius 3 is 2.44 bits per heavy atom. The third-order valence-corrected chi connectivity index (χ3v) is 8.22. The van der Waals surface area contributed by atoms with Crippen molar-refractivity contribution >= 4 is 44.8 Å². The molecule has 170 valence electrons. The maximum atomic E-state index is 13.1. The number of nitrogens with zero attached hydrogens (tertiary/aromatic N) is 2. The standard InChI is InChI=1S/C23H26ClN3O4S/c1-15-6-8-20(19(24)12-15)25-23(29)22-14-17-13-18(7-9-21(17)27(22)16(2)28)32(30,31)26-10-4-3-5-11-26/h6-9,12-13,22H,3-5,10-11,14H2,1-2H3,(H,25,29)/t22-/m0/s1. The average Bonchev–Trinajstić information content (AvgIpc) is 3.15. The normalized spacial score (nSPS) is 19.0. The summed E-state index contributed by atoms with van der Waals surface area (Å²) in [5, 5.41) is 3.22. The molecule has 2 aliphatic rings. The Kier molecular flexibility index (Phi) is 6.29. The van der Waals surface area contributed by atoms with E-state index in [0.717, 1.165) is 24.8 Å². The number of halogens is 1. The molecular weight excluding hydrogens is 450 g/mol. The number of hydrogen-bond acceptors (Lipinski definition) is 4. The smallest absolute Gasteiger partial charge is 0.247 e. The molecule has 1 fully saturated rings. The van der Waals surface area contributed by atoms with Gasteiger partial charge in [-0.25, -0.2) is 8.42 Å². The van der Waals surface area contributed by atoms with Gasteiger partial charge >= 0.3 is 0 Å². The van der Waals surface area contributed by atoms with Crippen molar-refractivity contribution in [2.75, 3.05) is 23.3 Å². The van der Waals surface area contributed by atoms with Crippen LogP contribution in [0.25, 0.3) is 0 Å². The number of carbonyl (C=O) groups excluding carboxylic acids is 2. The maximum absolute atomic E-state index is 13.1. The van der Waals surface area contributed by atoms with Gasteiger partial charge in [-0.15, -0.1) is 0 Å². The molecule has 1 saturated heterocycles. The van der Waals surface area contributed by atoms with Crippen LogP contribution in [0.4, 0.5) is 11.4 Å². The number of fused-ring (bicyclic) bond motifs is 1. The van der Waals surface area contributed by atoms with Crippen molar-refractivity contribution in [1.82, 2.24) is 4.31 Å². The van der Waals surface area contributed by atoms with E-state index in [2.05, 4.69) is 5.32 Å². The molecule has 2 aliphatic heterocycles.